The Labute approximate surface area is 45.0 Å². The van der Waals surface area contributed by atoms with E-state index in [2.05, 4.69) is 0 Å². The molecule has 0 heterocycles. The van der Waals surface area contributed by atoms with Gasteiger partial charge >= 0.3 is 8.41 Å². The van der Waals surface area contributed by atoms with Gasteiger partial charge in [0.1, 0.15) is 0 Å². The molecule has 0 saturated heterocycles. The predicted octanol–water partition coefficient (Wildman–Crippen LogP) is -0.0917. The average molecular weight is 88.9 g/mol. The number of hydrogen-bond acceptors (Lipinski definition) is 3. The molecule has 0 fully saturated rings. The van der Waals surface area contributed by atoms with Crippen molar-refractivity contribution >= 4 is 8.41 Å². The molecule has 30 valence electrons. The van der Waals surface area contributed by atoms with Crippen molar-refractivity contribution in [1.29, 1.82) is 15.8 Å². The molecular weight excluding hydrogens is 88.9 g/mol. The third-order valence-corrected chi connectivity index (χ3v) is 0. The summed E-state index contributed by atoms with van der Waals surface area (Å²) in [5.41, 5.74) is 0. The van der Waals surface area contributed by atoms with Crippen molar-refractivity contribution in [2.45, 2.75) is 0 Å². The minimum Gasteiger partial charge on any atom is -0.512 e. The van der Waals surface area contributed by atoms with Crippen molar-refractivity contribution in [2.75, 3.05) is 0 Å². The van der Waals surface area contributed by atoms with Gasteiger partial charge in [0.25, 0.3) is 0 Å². The summed E-state index contributed by atoms with van der Waals surface area (Å²) >= 11 is 0. The molecule has 0 spiro atoms. The zero-order valence-electron chi connectivity index (χ0n) is 3.42. The monoisotopic (exact) mass is 89.0 g/mol. The second kappa shape index (κ2) is 26.4. The molecule has 0 atom stereocenters. The molecule has 0 bridgehead atoms. The predicted molar refractivity (Wildman–Crippen MR) is 20.7 cm³/mol. The first-order valence-corrected chi connectivity index (χ1v) is 0.671. The van der Waals surface area contributed by atoms with Gasteiger partial charge in [-0.3, -0.25) is 0 Å². The van der Waals surface area contributed by atoms with Crippen molar-refractivity contribution in [3.8, 4) is 0 Å². The van der Waals surface area contributed by atoms with Gasteiger partial charge in [-0.2, -0.15) is 0 Å². The topological polar surface area (TPSA) is 71.4 Å². The van der Waals surface area contributed by atoms with E-state index in [9.17, 15) is 0 Å². The molecule has 0 saturated carbocycles. The summed E-state index contributed by atoms with van der Waals surface area (Å²) in [7, 11) is 0. The zero-order valence-corrected chi connectivity index (χ0v) is 3.42. The molecule has 0 amide bonds. The van der Waals surface area contributed by atoms with Gasteiger partial charge in [0.05, 0.1) is 0 Å². The summed E-state index contributed by atoms with van der Waals surface area (Å²) in [6.45, 7) is 14.2. The van der Waals surface area contributed by atoms with Crippen LogP contribution < -0.4 is 0 Å². The van der Waals surface area contributed by atoms with Gasteiger partial charge < -0.3 is 35.5 Å². The number of nitrogens with zero attached hydrogens (tertiary/aromatic N) is 3. The number of rotatable bonds is 0. The standard InChI is InChI=1S/3CN.B/c3*1-2;/q3*-1;+3. The fourth-order valence-corrected chi connectivity index (χ4v) is 0. The first-order valence-electron chi connectivity index (χ1n) is 0.671. The van der Waals surface area contributed by atoms with Crippen LogP contribution in [0.25, 0.3) is 0 Å². The van der Waals surface area contributed by atoms with Crippen LogP contribution in [0, 0.1) is 35.5 Å². The maximum atomic E-state index is 6.25. The van der Waals surface area contributed by atoms with Crippen molar-refractivity contribution in [1.82, 2.24) is 0 Å². The van der Waals surface area contributed by atoms with Crippen molar-refractivity contribution < 1.29 is 0 Å². The first kappa shape index (κ1) is 48.3. The molecule has 0 radical (unpaired) electrons. The van der Waals surface area contributed by atoms with Crippen LogP contribution in [-0.4, -0.2) is 8.41 Å². The normalized spacial score (nSPS) is 0.857. The van der Waals surface area contributed by atoms with Gasteiger partial charge in [0.15, 0.2) is 0 Å². The molecule has 0 N–H and O–H groups in total. The van der Waals surface area contributed by atoms with E-state index in [1.807, 2.05) is 0 Å². The second-order valence-corrected chi connectivity index (χ2v) is 0. The summed E-state index contributed by atoms with van der Waals surface area (Å²) in [6.07, 6.45) is 0. The third-order valence-electron chi connectivity index (χ3n) is 0. The molecule has 0 aromatic carbocycles. The Bertz CT molecular complexity index is 38.7. The van der Waals surface area contributed by atoms with Crippen LogP contribution >= 0.6 is 0 Å². The Balaban J connectivity index is -0.00000000900. The summed E-state index contributed by atoms with van der Waals surface area (Å²) in [4.78, 5) is 0. The smallest absolute Gasteiger partial charge is 0.512 e. The summed E-state index contributed by atoms with van der Waals surface area (Å²) in [5, 5.41) is 18.8. The molecule has 0 aliphatic carbocycles. The maximum absolute atomic E-state index is 6.25. The average Bonchev–Trinajstić information content (AvgIpc) is 1.81. The van der Waals surface area contributed by atoms with Crippen LogP contribution in [0.2, 0.25) is 0 Å². The fraction of sp³-hybridized carbons (Fsp3) is 0. The van der Waals surface area contributed by atoms with Gasteiger partial charge in [-0.25, -0.2) is 0 Å². The van der Waals surface area contributed by atoms with Gasteiger partial charge in [0.2, 0.25) is 0 Å². The van der Waals surface area contributed by atoms with E-state index in [1.54, 1.807) is 0 Å². The van der Waals surface area contributed by atoms with E-state index < -0.39 is 0 Å². The molecule has 0 unspecified atom stereocenters. The fourth-order valence-electron chi connectivity index (χ4n) is 0. The van der Waals surface area contributed by atoms with Crippen molar-refractivity contribution in [2.24, 2.45) is 0 Å². The Morgan fingerprint density at radius 1 is 0.571 bits per heavy atom. The molecule has 0 aliphatic heterocycles. The molecule has 0 aromatic heterocycles. The van der Waals surface area contributed by atoms with Gasteiger partial charge in [-0.05, 0) is 0 Å². The minimum absolute atomic E-state index is 0. The Hall–Kier alpha value is -1.47. The molecule has 3 nitrogen and oxygen atoms in total. The van der Waals surface area contributed by atoms with Crippen LogP contribution in [0.15, 0.2) is 0 Å². The number of hydrogen-bond donors (Lipinski definition) is 0. The Morgan fingerprint density at radius 3 is 0.571 bits per heavy atom. The zero-order chi connectivity index (χ0) is 6.00. The maximum Gasteiger partial charge on any atom is 3.00 e. The van der Waals surface area contributed by atoms with E-state index in [1.165, 1.54) is 0 Å². The van der Waals surface area contributed by atoms with Crippen LogP contribution in [0.1, 0.15) is 0 Å². The van der Waals surface area contributed by atoms with E-state index in [-0.39, 0.29) is 8.41 Å². The SMILES string of the molecule is [B+3].[C-]#N.[C-]#N.[C-]#N. The Kier molecular flexibility index (Phi) is 182. The van der Waals surface area contributed by atoms with Crippen LogP contribution in [0.5, 0.6) is 0 Å². The molecule has 0 aliphatic rings. The largest absolute Gasteiger partial charge is 3.00 e. The summed E-state index contributed by atoms with van der Waals surface area (Å²) in [5.74, 6) is 0. The van der Waals surface area contributed by atoms with Crippen LogP contribution in [0.3, 0.4) is 0 Å². The quantitative estimate of drug-likeness (QED) is 0.307. The van der Waals surface area contributed by atoms with Crippen molar-refractivity contribution in [3.63, 3.8) is 0 Å². The van der Waals surface area contributed by atoms with Crippen LogP contribution in [0.4, 0.5) is 0 Å². The van der Waals surface area contributed by atoms with Gasteiger partial charge in [0, 0.05) is 0 Å². The van der Waals surface area contributed by atoms with Crippen LogP contribution in [-0.2, 0) is 0 Å². The van der Waals surface area contributed by atoms with E-state index in [0.29, 0.717) is 0 Å². The molecule has 4 heteroatoms. The molecular formula is C3BN3. The van der Waals surface area contributed by atoms with E-state index in [4.69, 9.17) is 35.5 Å². The van der Waals surface area contributed by atoms with Crippen molar-refractivity contribution in [3.05, 3.63) is 19.7 Å². The summed E-state index contributed by atoms with van der Waals surface area (Å²) in [6, 6.07) is 0. The Morgan fingerprint density at radius 2 is 0.571 bits per heavy atom. The summed E-state index contributed by atoms with van der Waals surface area (Å²) < 4.78 is 0. The third kappa shape index (κ3) is 13.6. The minimum atomic E-state index is 0. The van der Waals surface area contributed by atoms with E-state index >= 15 is 0 Å². The van der Waals surface area contributed by atoms with E-state index in [0.717, 1.165) is 0 Å². The second-order valence-electron chi connectivity index (χ2n) is 0. The van der Waals surface area contributed by atoms with Gasteiger partial charge in [-0.15, -0.1) is 0 Å². The first-order chi connectivity index (χ1) is 3.00. The molecule has 7 heavy (non-hydrogen) atoms. The van der Waals surface area contributed by atoms with Gasteiger partial charge in [-0.1, -0.05) is 0 Å². The molecule has 0 rings (SSSR count). The molecule has 0 aromatic rings.